The molecular weight excluding hydrogens is 360 g/mol. The highest BCUT2D eigenvalue weighted by atomic mass is 35.5. The maximum Gasteiger partial charge on any atom is 0.251 e. The number of rotatable bonds is 5. The number of benzene rings is 3. The van der Waals surface area contributed by atoms with Gasteiger partial charge in [-0.25, -0.2) is 4.98 Å². The van der Waals surface area contributed by atoms with Crippen molar-refractivity contribution >= 4 is 28.6 Å². The van der Waals surface area contributed by atoms with Gasteiger partial charge in [0.15, 0.2) is 11.5 Å². The number of hydrogen-bond donors (Lipinski definition) is 1. The molecule has 0 radical (unpaired) electrons. The molecule has 4 nitrogen and oxygen atoms in total. The molecule has 0 saturated heterocycles. The summed E-state index contributed by atoms with van der Waals surface area (Å²) in [6, 6.07) is 22.7. The summed E-state index contributed by atoms with van der Waals surface area (Å²) >= 11 is 5.97. The number of amides is 1. The predicted molar refractivity (Wildman–Crippen MR) is 106 cm³/mol. The Hall–Kier alpha value is -3.11. The predicted octanol–water partition coefficient (Wildman–Crippen LogP) is 5.00. The van der Waals surface area contributed by atoms with Crippen LogP contribution in [-0.2, 0) is 13.0 Å². The van der Waals surface area contributed by atoms with Crippen molar-refractivity contribution in [3.63, 3.8) is 0 Å². The molecule has 3 aromatic carbocycles. The van der Waals surface area contributed by atoms with Crippen molar-refractivity contribution in [2.24, 2.45) is 0 Å². The third-order valence-electron chi connectivity index (χ3n) is 4.24. The van der Waals surface area contributed by atoms with Crippen LogP contribution in [0.2, 0.25) is 5.02 Å². The van der Waals surface area contributed by atoms with Crippen LogP contribution in [0.3, 0.4) is 0 Å². The molecule has 134 valence electrons. The Morgan fingerprint density at radius 1 is 0.963 bits per heavy atom. The fourth-order valence-corrected chi connectivity index (χ4v) is 3.10. The third kappa shape index (κ3) is 4.18. The van der Waals surface area contributed by atoms with E-state index in [1.54, 1.807) is 18.2 Å². The Morgan fingerprint density at radius 2 is 1.78 bits per heavy atom. The second kappa shape index (κ2) is 7.64. The summed E-state index contributed by atoms with van der Waals surface area (Å²) in [5.74, 6) is 0.463. The number of halogens is 1. The molecule has 0 aliphatic rings. The van der Waals surface area contributed by atoms with Crippen molar-refractivity contribution in [2.75, 3.05) is 0 Å². The molecule has 27 heavy (non-hydrogen) atoms. The number of fused-ring (bicyclic) bond motifs is 1. The first kappa shape index (κ1) is 17.3. The second-order valence-electron chi connectivity index (χ2n) is 6.27. The normalized spacial score (nSPS) is 10.9. The highest BCUT2D eigenvalue weighted by Gasteiger charge is 2.11. The average molecular weight is 377 g/mol. The van der Waals surface area contributed by atoms with Gasteiger partial charge in [-0.15, -0.1) is 0 Å². The van der Waals surface area contributed by atoms with Gasteiger partial charge in [-0.1, -0.05) is 54.1 Å². The van der Waals surface area contributed by atoms with Gasteiger partial charge in [-0.3, -0.25) is 4.79 Å². The number of nitrogens with zero attached hydrogens (tertiary/aromatic N) is 1. The topological polar surface area (TPSA) is 55.1 Å². The molecule has 1 N–H and O–H groups in total. The van der Waals surface area contributed by atoms with Crippen LogP contribution in [0.4, 0.5) is 0 Å². The highest BCUT2D eigenvalue weighted by molar-refractivity contribution is 6.30. The smallest absolute Gasteiger partial charge is 0.251 e. The van der Waals surface area contributed by atoms with Gasteiger partial charge in [0.25, 0.3) is 5.91 Å². The van der Waals surface area contributed by atoms with Crippen LogP contribution < -0.4 is 5.32 Å². The summed E-state index contributed by atoms with van der Waals surface area (Å²) in [6.45, 7) is 0.410. The lowest BCUT2D eigenvalue weighted by molar-refractivity contribution is 0.0951. The van der Waals surface area contributed by atoms with Gasteiger partial charge >= 0.3 is 0 Å². The summed E-state index contributed by atoms with van der Waals surface area (Å²) in [4.78, 5) is 16.9. The molecule has 0 aliphatic heterocycles. The molecule has 1 aromatic heterocycles. The van der Waals surface area contributed by atoms with E-state index in [1.165, 1.54) is 0 Å². The van der Waals surface area contributed by atoms with E-state index in [2.05, 4.69) is 10.3 Å². The van der Waals surface area contributed by atoms with Gasteiger partial charge in [0.1, 0.15) is 5.52 Å². The largest absolute Gasteiger partial charge is 0.440 e. The summed E-state index contributed by atoms with van der Waals surface area (Å²) in [5, 5.41) is 3.54. The van der Waals surface area contributed by atoms with E-state index in [-0.39, 0.29) is 5.91 Å². The highest BCUT2D eigenvalue weighted by Crippen LogP contribution is 2.19. The molecule has 4 aromatic rings. The molecule has 0 bridgehead atoms. The van der Waals surface area contributed by atoms with Crippen LogP contribution in [0.1, 0.15) is 27.4 Å². The molecular formula is C22H17ClN2O2. The molecule has 4 rings (SSSR count). The first-order valence-corrected chi connectivity index (χ1v) is 9.01. The Balaban J connectivity index is 1.48. The zero-order chi connectivity index (χ0) is 18.6. The van der Waals surface area contributed by atoms with Crippen molar-refractivity contribution in [3.8, 4) is 0 Å². The van der Waals surface area contributed by atoms with E-state index in [1.807, 2.05) is 54.6 Å². The first-order valence-electron chi connectivity index (χ1n) is 8.63. The lowest BCUT2D eigenvalue weighted by Gasteiger charge is -2.05. The van der Waals surface area contributed by atoms with Crippen molar-refractivity contribution < 1.29 is 9.21 Å². The fourth-order valence-electron chi connectivity index (χ4n) is 2.89. The van der Waals surface area contributed by atoms with Crippen LogP contribution >= 0.6 is 11.6 Å². The van der Waals surface area contributed by atoms with Crippen LogP contribution in [0, 0.1) is 0 Å². The minimum atomic E-state index is -0.169. The molecule has 0 spiro atoms. The molecule has 1 amide bonds. The molecule has 0 aliphatic carbocycles. The Kier molecular flexibility index (Phi) is 4.90. The van der Waals surface area contributed by atoms with Gasteiger partial charge in [-0.2, -0.15) is 0 Å². The zero-order valence-electron chi connectivity index (χ0n) is 14.5. The van der Waals surface area contributed by atoms with E-state index < -0.39 is 0 Å². The van der Waals surface area contributed by atoms with Gasteiger partial charge < -0.3 is 9.73 Å². The van der Waals surface area contributed by atoms with E-state index in [9.17, 15) is 4.79 Å². The van der Waals surface area contributed by atoms with Crippen molar-refractivity contribution in [1.82, 2.24) is 10.3 Å². The number of oxazole rings is 1. The van der Waals surface area contributed by atoms with Crippen LogP contribution in [0.15, 0.2) is 77.2 Å². The van der Waals surface area contributed by atoms with Crippen molar-refractivity contribution in [1.29, 1.82) is 0 Å². The summed E-state index contributed by atoms with van der Waals surface area (Å²) in [7, 11) is 0. The quantitative estimate of drug-likeness (QED) is 0.533. The standard InChI is InChI=1S/C22H17ClN2O2/c23-18-8-4-7-16(11-18)14-24-22(26)17-9-10-19-20(13-17)27-21(25-19)12-15-5-2-1-3-6-15/h1-11,13H,12,14H2,(H,24,26). The van der Waals surface area contributed by atoms with Gasteiger partial charge in [0.2, 0.25) is 0 Å². The molecule has 0 unspecified atom stereocenters. The minimum Gasteiger partial charge on any atom is -0.440 e. The number of nitrogens with one attached hydrogen (secondary N) is 1. The lowest BCUT2D eigenvalue weighted by Crippen LogP contribution is -2.22. The minimum absolute atomic E-state index is 0.169. The van der Waals surface area contributed by atoms with Crippen LogP contribution in [0.5, 0.6) is 0 Å². The SMILES string of the molecule is O=C(NCc1cccc(Cl)c1)c1ccc2nc(Cc3ccccc3)oc2c1. The second-order valence-corrected chi connectivity index (χ2v) is 6.70. The van der Waals surface area contributed by atoms with Crippen molar-refractivity contribution in [2.45, 2.75) is 13.0 Å². The molecule has 5 heteroatoms. The molecule has 0 fully saturated rings. The Morgan fingerprint density at radius 3 is 2.59 bits per heavy atom. The van der Waals surface area contributed by atoms with Crippen LogP contribution in [0.25, 0.3) is 11.1 Å². The van der Waals surface area contributed by atoms with Gasteiger partial charge in [0, 0.05) is 23.6 Å². The first-order chi connectivity index (χ1) is 13.2. The number of aromatic nitrogens is 1. The van der Waals surface area contributed by atoms with Gasteiger partial charge in [-0.05, 0) is 41.5 Å². The maximum atomic E-state index is 12.4. The molecule has 0 saturated carbocycles. The Bertz CT molecular complexity index is 1090. The summed E-state index contributed by atoms with van der Waals surface area (Å²) in [6.07, 6.45) is 0.617. The molecule has 1 heterocycles. The van der Waals surface area contributed by atoms with Crippen LogP contribution in [-0.4, -0.2) is 10.9 Å². The van der Waals surface area contributed by atoms with Crippen molar-refractivity contribution in [3.05, 3.63) is 100 Å². The van der Waals surface area contributed by atoms with E-state index in [4.69, 9.17) is 16.0 Å². The molecule has 0 atom stereocenters. The Labute approximate surface area is 161 Å². The summed E-state index contributed by atoms with van der Waals surface area (Å²) in [5.41, 5.74) is 3.96. The number of hydrogen-bond acceptors (Lipinski definition) is 3. The van der Waals surface area contributed by atoms with E-state index >= 15 is 0 Å². The maximum absolute atomic E-state index is 12.4. The summed E-state index contributed by atoms with van der Waals surface area (Å²) < 4.78 is 5.83. The monoisotopic (exact) mass is 376 g/mol. The number of carbonyl (C=O) groups excluding carboxylic acids is 1. The lowest BCUT2D eigenvalue weighted by atomic mass is 10.1. The number of carbonyl (C=O) groups is 1. The average Bonchev–Trinajstić information content (AvgIpc) is 3.08. The third-order valence-corrected chi connectivity index (χ3v) is 4.47. The zero-order valence-corrected chi connectivity index (χ0v) is 15.2. The van der Waals surface area contributed by atoms with E-state index in [0.717, 1.165) is 16.6 Å². The van der Waals surface area contributed by atoms with E-state index in [0.29, 0.717) is 35.0 Å². The fraction of sp³-hybridized carbons (Fsp3) is 0.0909. The van der Waals surface area contributed by atoms with Gasteiger partial charge in [0.05, 0.1) is 0 Å².